The monoisotopic (exact) mass is 197 g/mol. The first-order valence-corrected chi connectivity index (χ1v) is 6.46. The van der Waals surface area contributed by atoms with Crippen LogP contribution in [0.4, 0.5) is 0 Å². The lowest BCUT2D eigenvalue weighted by Gasteiger charge is -2.13. The molecule has 2 rings (SSSR count). The first kappa shape index (κ1) is 12.0. The van der Waals surface area contributed by atoms with Crippen LogP contribution in [0.3, 0.4) is 0 Å². The summed E-state index contributed by atoms with van der Waals surface area (Å²) < 4.78 is 0. The van der Waals surface area contributed by atoms with Gasteiger partial charge in [-0.1, -0.05) is 27.7 Å². The second kappa shape index (κ2) is 5.75. The average molecular weight is 197 g/mol. The Kier molecular flexibility index (Phi) is 4.94. The van der Waals surface area contributed by atoms with Gasteiger partial charge in [-0.05, 0) is 56.0 Å². The predicted octanol–water partition coefficient (Wildman–Crippen LogP) is 3.30. The van der Waals surface area contributed by atoms with E-state index in [0.29, 0.717) is 0 Å². The summed E-state index contributed by atoms with van der Waals surface area (Å²) in [5.41, 5.74) is 0. The molecule has 0 spiro atoms. The molecule has 1 heteroatoms. The van der Waals surface area contributed by atoms with Crippen LogP contribution in [0.1, 0.15) is 47.0 Å². The Bertz CT molecular complexity index is 141. The molecule has 1 nitrogen and oxygen atoms in total. The standard InChI is InChI=1S/C11H21N.C2H6/c1-8(2)3-9-4-10-6-12-7-11(10)5-9;1-2/h8-12H,3-7H2,1-2H3;1-2H3. The Morgan fingerprint density at radius 3 is 2.00 bits per heavy atom. The van der Waals surface area contributed by atoms with E-state index in [0.717, 1.165) is 23.7 Å². The summed E-state index contributed by atoms with van der Waals surface area (Å²) in [5, 5.41) is 3.50. The first-order chi connectivity index (χ1) is 6.75. The summed E-state index contributed by atoms with van der Waals surface area (Å²) in [6.45, 7) is 11.3. The minimum absolute atomic E-state index is 0.904. The molecule has 0 amide bonds. The largest absolute Gasteiger partial charge is 0.316 e. The summed E-state index contributed by atoms with van der Waals surface area (Å²) in [6, 6.07) is 0. The van der Waals surface area contributed by atoms with E-state index in [2.05, 4.69) is 19.2 Å². The Hall–Kier alpha value is -0.0400. The van der Waals surface area contributed by atoms with Gasteiger partial charge in [-0.15, -0.1) is 0 Å². The van der Waals surface area contributed by atoms with Crippen LogP contribution in [0.25, 0.3) is 0 Å². The quantitative estimate of drug-likeness (QED) is 0.716. The smallest absolute Gasteiger partial charge is 0.00172 e. The van der Waals surface area contributed by atoms with Crippen molar-refractivity contribution in [1.82, 2.24) is 5.32 Å². The van der Waals surface area contributed by atoms with Crippen molar-refractivity contribution in [1.29, 1.82) is 0 Å². The summed E-state index contributed by atoms with van der Waals surface area (Å²) in [7, 11) is 0. The molecule has 1 saturated carbocycles. The molecule has 0 aromatic carbocycles. The highest BCUT2D eigenvalue weighted by Gasteiger charge is 2.36. The van der Waals surface area contributed by atoms with Crippen LogP contribution >= 0.6 is 0 Å². The zero-order valence-electron chi connectivity index (χ0n) is 10.3. The normalized spacial score (nSPS) is 35.4. The third-order valence-corrected chi connectivity index (χ3v) is 3.56. The van der Waals surface area contributed by atoms with E-state index in [1.807, 2.05) is 13.8 Å². The lowest BCUT2D eigenvalue weighted by atomic mass is 9.94. The van der Waals surface area contributed by atoms with Crippen molar-refractivity contribution in [2.45, 2.75) is 47.0 Å². The second-order valence-electron chi connectivity index (χ2n) is 5.15. The molecule has 1 aliphatic heterocycles. The SMILES string of the molecule is CC.CC(C)CC1CC2CNCC2C1. The van der Waals surface area contributed by atoms with Crippen molar-refractivity contribution in [3.8, 4) is 0 Å². The van der Waals surface area contributed by atoms with E-state index in [-0.39, 0.29) is 0 Å². The fraction of sp³-hybridized carbons (Fsp3) is 1.00. The third kappa shape index (κ3) is 2.98. The van der Waals surface area contributed by atoms with Crippen molar-refractivity contribution < 1.29 is 0 Å². The lowest BCUT2D eigenvalue weighted by molar-refractivity contribution is 0.394. The van der Waals surface area contributed by atoms with Gasteiger partial charge in [0.05, 0.1) is 0 Å². The molecule has 2 atom stereocenters. The molecule has 1 N–H and O–H groups in total. The zero-order valence-corrected chi connectivity index (χ0v) is 10.3. The van der Waals surface area contributed by atoms with Crippen LogP contribution in [-0.2, 0) is 0 Å². The van der Waals surface area contributed by atoms with Crippen LogP contribution in [-0.4, -0.2) is 13.1 Å². The molecule has 0 aromatic heterocycles. The molecular weight excluding hydrogens is 170 g/mol. The molecular formula is C13H27N. The van der Waals surface area contributed by atoms with Gasteiger partial charge in [0.15, 0.2) is 0 Å². The van der Waals surface area contributed by atoms with Crippen LogP contribution < -0.4 is 5.32 Å². The molecule has 0 bridgehead atoms. The average Bonchev–Trinajstić information content (AvgIpc) is 2.66. The van der Waals surface area contributed by atoms with Crippen molar-refractivity contribution >= 4 is 0 Å². The molecule has 0 radical (unpaired) electrons. The van der Waals surface area contributed by atoms with Crippen molar-refractivity contribution in [3.05, 3.63) is 0 Å². The zero-order chi connectivity index (χ0) is 10.6. The Labute approximate surface area is 89.7 Å². The highest BCUT2D eigenvalue weighted by molar-refractivity contribution is 4.90. The van der Waals surface area contributed by atoms with Gasteiger partial charge in [0.2, 0.25) is 0 Å². The summed E-state index contributed by atoms with van der Waals surface area (Å²) >= 11 is 0. The molecule has 2 fully saturated rings. The van der Waals surface area contributed by atoms with Crippen LogP contribution in [0.5, 0.6) is 0 Å². The van der Waals surface area contributed by atoms with Gasteiger partial charge in [0, 0.05) is 0 Å². The lowest BCUT2D eigenvalue weighted by Crippen LogP contribution is -2.12. The Balaban J connectivity index is 0.000000461. The van der Waals surface area contributed by atoms with Crippen molar-refractivity contribution in [2.75, 3.05) is 13.1 Å². The van der Waals surface area contributed by atoms with Gasteiger partial charge in [-0.2, -0.15) is 0 Å². The van der Waals surface area contributed by atoms with E-state index in [1.165, 1.54) is 32.4 Å². The number of rotatable bonds is 2. The van der Waals surface area contributed by atoms with Crippen LogP contribution in [0.2, 0.25) is 0 Å². The van der Waals surface area contributed by atoms with Gasteiger partial charge in [0.25, 0.3) is 0 Å². The van der Waals surface area contributed by atoms with Gasteiger partial charge < -0.3 is 5.32 Å². The van der Waals surface area contributed by atoms with Gasteiger partial charge in [-0.25, -0.2) is 0 Å². The fourth-order valence-corrected chi connectivity index (χ4v) is 3.15. The molecule has 1 aliphatic carbocycles. The van der Waals surface area contributed by atoms with Crippen LogP contribution in [0, 0.1) is 23.7 Å². The minimum atomic E-state index is 0.904. The molecule has 84 valence electrons. The third-order valence-electron chi connectivity index (χ3n) is 3.56. The summed E-state index contributed by atoms with van der Waals surface area (Å²) in [5.74, 6) is 4.03. The molecule has 2 aliphatic rings. The molecule has 0 aromatic rings. The molecule has 1 saturated heterocycles. The number of hydrogen-bond acceptors (Lipinski definition) is 1. The van der Waals surface area contributed by atoms with E-state index >= 15 is 0 Å². The molecule has 1 heterocycles. The number of hydrogen-bond donors (Lipinski definition) is 1. The second-order valence-corrected chi connectivity index (χ2v) is 5.15. The topological polar surface area (TPSA) is 12.0 Å². The van der Waals surface area contributed by atoms with E-state index in [9.17, 15) is 0 Å². The Morgan fingerprint density at radius 2 is 1.57 bits per heavy atom. The highest BCUT2D eigenvalue weighted by atomic mass is 14.9. The molecule has 2 unspecified atom stereocenters. The first-order valence-electron chi connectivity index (χ1n) is 6.46. The maximum Gasteiger partial charge on any atom is -0.00172 e. The maximum absolute atomic E-state index is 3.50. The number of nitrogens with one attached hydrogen (secondary N) is 1. The summed E-state index contributed by atoms with van der Waals surface area (Å²) in [6.07, 6.45) is 4.48. The maximum atomic E-state index is 3.50. The summed E-state index contributed by atoms with van der Waals surface area (Å²) in [4.78, 5) is 0. The van der Waals surface area contributed by atoms with Gasteiger partial charge in [0.1, 0.15) is 0 Å². The fourth-order valence-electron chi connectivity index (χ4n) is 3.15. The molecule has 14 heavy (non-hydrogen) atoms. The van der Waals surface area contributed by atoms with Gasteiger partial charge in [-0.3, -0.25) is 0 Å². The minimum Gasteiger partial charge on any atom is -0.316 e. The highest BCUT2D eigenvalue weighted by Crippen LogP contribution is 2.41. The van der Waals surface area contributed by atoms with E-state index in [1.54, 1.807) is 0 Å². The van der Waals surface area contributed by atoms with Crippen molar-refractivity contribution in [3.63, 3.8) is 0 Å². The van der Waals surface area contributed by atoms with E-state index < -0.39 is 0 Å². The Morgan fingerprint density at radius 1 is 1.07 bits per heavy atom. The predicted molar refractivity (Wildman–Crippen MR) is 63.4 cm³/mol. The number of fused-ring (bicyclic) bond motifs is 1. The van der Waals surface area contributed by atoms with Gasteiger partial charge >= 0.3 is 0 Å². The van der Waals surface area contributed by atoms with Crippen molar-refractivity contribution in [2.24, 2.45) is 23.7 Å². The van der Waals surface area contributed by atoms with E-state index in [4.69, 9.17) is 0 Å². The van der Waals surface area contributed by atoms with Crippen LogP contribution in [0.15, 0.2) is 0 Å².